The Morgan fingerprint density at radius 3 is 2.75 bits per heavy atom. The Morgan fingerprint density at radius 1 is 1.40 bits per heavy atom. The molecule has 2 rings (SSSR count). The van der Waals surface area contributed by atoms with Crippen LogP contribution in [0.15, 0.2) is 18.5 Å². The molecule has 0 aliphatic carbocycles. The summed E-state index contributed by atoms with van der Waals surface area (Å²) in [7, 11) is 0. The molecule has 1 aliphatic rings. The van der Waals surface area contributed by atoms with E-state index < -0.39 is 5.97 Å². The molecule has 1 saturated heterocycles. The molecule has 1 aromatic rings. The summed E-state index contributed by atoms with van der Waals surface area (Å²) in [6.45, 7) is 1.90. The summed E-state index contributed by atoms with van der Waals surface area (Å²) in [6.07, 6.45) is 4.45. The fourth-order valence-electron chi connectivity index (χ4n) is 2.14. The Bertz CT molecular complexity index is 498. The lowest BCUT2D eigenvalue weighted by Crippen LogP contribution is -2.43. The second kappa shape index (κ2) is 6.44. The number of aromatic nitrogens is 1. The van der Waals surface area contributed by atoms with Gasteiger partial charge >= 0.3 is 5.97 Å². The molecule has 0 atom stereocenters. The molecule has 1 aliphatic heterocycles. The third kappa shape index (κ3) is 4.01. The molecule has 0 unspecified atom stereocenters. The number of aromatic carboxylic acids is 1. The predicted molar refractivity (Wildman–Crippen MR) is 73.5 cm³/mol. The molecule has 1 aromatic heterocycles. The van der Waals surface area contributed by atoms with Crippen LogP contribution in [-0.2, 0) is 4.79 Å². The van der Waals surface area contributed by atoms with Crippen molar-refractivity contribution in [1.82, 2.24) is 9.88 Å². The van der Waals surface area contributed by atoms with Gasteiger partial charge in [0, 0.05) is 25.3 Å². The largest absolute Gasteiger partial charge is 0.478 e. The Kier molecular flexibility index (Phi) is 4.65. The summed E-state index contributed by atoms with van der Waals surface area (Å²) in [5.41, 5.74) is 6.25. The van der Waals surface area contributed by atoms with E-state index in [9.17, 15) is 9.59 Å². The number of piperidine rings is 1. The summed E-state index contributed by atoms with van der Waals surface area (Å²) in [6, 6.07) is 1.62. The van der Waals surface area contributed by atoms with Crippen LogP contribution in [0.4, 0.5) is 5.69 Å². The number of carbonyl (C=O) groups excluding carboxylic acids is 1. The van der Waals surface area contributed by atoms with Crippen LogP contribution < -0.4 is 11.1 Å². The number of nitrogens with two attached hydrogens (primary N) is 1. The van der Waals surface area contributed by atoms with Gasteiger partial charge in [0.25, 0.3) is 0 Å². The maximum absolute atomic E-state index is 11.9. The van der Waals surface area contributed by atoms with Gasteiger partial charge in [-0.15, -0.1) is 0 Å². The quantitative estimate of drug-likeness (QED) is 0.723. The summed E-state index contributed by atoms with van der Waals surface area (Å²) in [4.78, 5) is 28.5. The van der Waals surface area contributed by atoms with Crippen LogP contribution >= 0.6 is 0 Å². The first-order valence-corrected chi connectivity index (χ1v) is 6.51. The lowest BCUT2D eigenvalue weighted by Gasteiger charge is -2.29. The van der Waals surface area contributed by atoms with Crippen molar-refractivity contribution in [1.29, 1.82) is 0 Å². The highest BCUT2D eigenvalue weighted by Crippen LogP contribution is 2.10. The second-order valence-corrected chi connectivity index (χ2v) is 4.93. The molecule has 108 valence electrons. The van der Waals surface area contributed by atoms with Gasteiger partial charge in [-0.25, -0.2) is 4.79 Å². The van der Waals surface area contributed by atoms with Crippen LogP contribution in [0.25, 0.3) is 0 Å². The fraction of sp³-hybridized carbons (Fsp3) is 0.462. The molecule has 0 radical (unpaired) electrons. The van der Waals surface area contributed by atoms with Gasteiger partial charge < -0.3 is 16.2 Å². The Hall–Kier alpha value is -1.99. The molecule has 0 bridgehead atoms. The third-order valence-electron chi connectivity index (χ3n) is 3.27. The van der Waals surface area contributed by atoms with E-state index >= 15 is 0 Å². The van der Waals surface area contributed by atoms with Crippen LogP contribution in [0.5, 0.6) is 0 Å². The minimum Gasteiger partial charge on any atom is -0.478 e. The van der Waals surface area contributed by atoms with Crippen molar-refractivity contribution in [3.63, 3.8) is 0 Å². The first-order chi connectivity index (χ1) is 9.54. The zero-order valence-corrected chi connectivity index (χ0v) is 11.1. The Morgan fingerprint density at radius 2 is 2.10 bits per heavy atom. The second-order valence-electron chi connectivity index (χ2n) is 4.93. The number of carboxylic acids is 1. The zero-order chi connectivity index (χ0) is 14.5. The Balaban J connectivity index is 1.88. The Labute approximate surface area is 116 Å². The molecule has 0 spiro atoms. The third-order valence-corrected chi connectivity index (χ3v) is 3.27. The molecule has 7 heteroatoms. The first kappa shape index (κ1) is 14.4. The minimum atomic E-state index is -1.07. The predicted octanol–water partition coefficient (Wildman–Crippen LogP) is 0.141. The van der Waals surface area contributed by atoms with Gasteiger partial charge in [0.2, 0.25) is 5.91 Å². The number of amides is 1. The van der Waals surface area contributed by atoms with E-state index in [0.29, 0.717) is 5.69 Å². The number of likely N-dealkylation sites (tertiary alicyclic amines) is 1. The van der Waals surface area contributed by atoms with Crippen molar-refractivity contribution < 1.29 is 14.7 Å². The normalized spacial score (nSPS) is 16.9. The molecule has 0 saturated carbocycles. The summed E-state index contributed by atoms with van der Waals surface area (Å²) in [5, 5.41) is 11.5. The van der Waals surface area contributed by atoms with Crippen molar-refractivity contribution in [2.45, 2.75) is 18.9 Å². The van der Waals surface area contributed by atoms with Gasteiger partial charge in [-0.2, -0.15) is 0 Å². The molecular formula is C13H18N4O3. The molecule has 20 heavy (non-hydrogen) atoms. The van der Waals surface area contributed by atoms with E-state index in [2.05, 4.69) is 10.3 Å². The van der Waals surface area contributed by atoms with E-state index in [-0.39, 0.29) is 24.1 Å². The SMILES string of the molecule is NC1CCN(CC(=O)Nc2cncc(C(=O)O)c2)CC1. The fourth-order valence-corrected chi connectivity index (χ4v) is 2.14. The molecular weight excluding hydrogens is 260 g/mol. The molecule has 0 aromatic carbocycles. The maximum Gasteiger partial charge on any atom is 0.337 e. The van der Waals surface area contributed by atoms with Crippen molar-refractivity contribution in [3.05, 3.63) is 24.0 Å². The maximum atomic E-state index is 11.9. The van der Waals surface area contributed by atoms with Crippen LogP contribution in [0.2, 0.25) is 0 Å². The number of nitrogens with one attached hydrogen (secondary N) is 1. The average Bonchev–Trinajstić information content (AvgIpc) is 2.41. The van der Waals surface area contributed by atoms with E-state index in [1.54, 1.807) is 0 Å². The van der Waals surface area contributed by atoms with Crippen molar-refractivity contribution in [3.8, 4) is 0 Å². The van der Waals surface area contributed by atoms with Gasteiger partial charge in [0.05, 0.1) is 24.0 Å². The monoisotopic (exact) mass is 278 g/mol. The van der Waals surface area contributed by atoms with Crippen molar-refractivity contribution >= 4 is 17.6 Å². The number of nitrogens with zero attached hydrogens (tertiary/aromatic N) is 2. The highest BCUT2D eigenvalue weighted by molar-refractivity contribution is 5.94. The smallest absolute Gasteiger partial charge is 0.337 e. The lowest BCUT2D eigenvalue weighted by molar-refractivity contribution is -0.117. The van der Waals surface area contributed by atoms with Crippen molar-refractivity contribution in [2.75, 3.05) is 25.0 Å². The van der Waals surface area contributed by atoms with Gasteiger partial charge in [-0.05, 0) is 18.9 Å². The highest BCUT2D eigenvalue weighted by Gasteiger charge is 2.18. The van der Waals surface area contributed by atoms with Crippen LogP contribution in [0.1, 0.15) is 23.2 Å². The molecule has 1 amide bonds. The summed E-state index contributed by atoms with van der Waals surface area (Å²) >= 11 is 0. The number of carbonyl (C=O) groups is 2. The summed E-state index contributed by atoms with van der Waals surface area (Å²) < 4.78 is 0. The van der Waals surface area contributed by atoms with Gasteiger partial charge in [0.15, 0.2) is 0 Å². The average molecular weight is 278 g/mol. The standard InChI is InChI=1S/C13H18N4O3/c14-10-1-3-17(4-2-10)8-12(18)16-11-5-9(13(19)20)6-15-7-11/h5-7,10H,1-4,8,14H2,(H,16,18)(H,19,20). The van der Waals surface area contributed by atoms with E-state index in [1.807, 2.05) is 4.90 Å². The topological polar surface area (TPSA) is 109 Å². The number of carboxylic acid groups (broad SMARTS) is 1. The summed E-state index contributed by atoms with van der Waals surface area (Å²) in [5.74, 6) is -1.25. The van der Waals surface area contributed by atoms with Gasteiger partial charge in [-0.3, -0.25) is 14.7 Å². The highest BCUT2D eigenvalue weighted by atomic mass is 16.4. The molecule has 2 heterocycles. The molecule has 7 nitrogen and oxygen atoms in total. The number of hydrogen-bond donors (Lipinski definition) is 3. The molecule has 4 N–H and O–H groups in total. The number of pyridine rings is 1. The van der Waals surface area contributed by atoms with Gasteiger partial charge in [-0.1, -0.05) is 0 Å². The van der Waals surface area contributed by atoms with Crippen LogP contribution in [-0.4, -0.2) is 52.5 Å². The minimum absolute atomic E-state index is 0.0479. The number of hydrogen-bond acceptors (Lipinski definition) is 5. The molecule has 1 fully saturated rings. The first-order valence-electron chi connectivity index (χ1n) is 6.51. The van der Waals surface area contributed by atoms with E-state index in [0.717, 1.165) is 25.9 Å². The van der Waals surface area contributed by atoms with Crippen molar-refractivity contribution in [2.24, 2.45) is 5.73 Å². The number of rotatable bonds is 4. The zero-order valence-electron chi connectivity index (χ0n) is 11.1. The van der Waals surface area contributed by atoms with E-state index in [4.69, 9.17) is 10.8 Å². The lowest BCUT2D eigenvalue weighted by atomic mass is 10.1. The van der Waals surface area contributed by atoms with Crippen LogP contribution in [0.3, 0.4) is 0 Å². The van der Waals surface area contributed by atoms with E-state index in [1.165, 1.54) is 18.5 Å². The number of anilines is 1. The van der Waals surface area contributed by atoms with Crippen LogP contribution in [0, 0.1) is 0 Å². The van der Waals surface area contributed by atoms with Gasteiger partial charge in [0.1, 0.15) is 0 Å².